The Balaban J connectivity index is 1.21. The molecule has 0 radical (unpaired) electrons. The van der Waals surface area contributed by atoms with Crippen molar-refractivity contribution in [3.05, 3.63) is 64.7 Å². The van der Waals surface area contributed by atoms with Crippen LogP contribution in [0.5, 0.6) is 0 Å². The molecule has 0 saturated heterocycles. The number of aryl methyl sites for hydroxylation is 1. The maximum Gasteiger partial charge on any atom is 0.227 e. The summed E-state index contributed by atoms with van der Waals surface area (Å²) in [6.45, 7) is 6.27. The van der Waals surface area contributed by atoms with Crippen molar-refractivity contribution in [2.24, 2.45) is 0 Å². The van der Waals surface area contributed by atoms with Crippen molar-refractivity contribution < 1.29 is 9.59 Å². The zero-order valence-electron chi connectivity index (χ0n) is 18.7. The third kappa shape index (κ3) is 5.24. The summed E-state index contributed by atoms with van der Waals surface area (Å²) in [7, 11) is 0. The van der Waals surface area contributed by atoms with E-state index in [4.69, 9.17) is 0 Å². The third-order valence-corrected chi connectivity index (χ3v) is 6.76. The molecule has 164 valence electrons. The van der Waals surface area contributed by atoms with Crippen molar-refractivity contribution in [1.82, 2.24) is 4.90 Å². The van der Waals surface area contributed by atoms with Crippen molar-refractivity contribution in [3.63, 3.8) is 0 Å². The lowest BCUT2D eigenvalue weighted by molar-refractivity contribution is -0.118. The van der Waals surface area contributed by atoms with Gasteiger partial charge in [-0.15, -0.1) is 0 Å². The van der Waals surface area contributed by atoms with E-state index in [0.29, 0.717) is 12.8 Å². The van der Waals surface area contributed by atoms with Gasteiger partial charge in [-0.05, 0) is 74.0 Å². The van der Waals surface area contributed by atoms with Crippen molar-refractivity contribution in [1.29, 1.82) is 0 Å². The van der Waals surface area contributed by atoms with Gasteiger partial charge in [-0.3, -0.25) is 9.59 Å². The van der Waals surface area contributed by atoms with Crippen LogP contribution in [0, 0.1) is 0 Å². The summed E-state index contributed by atoms with van der Waals surface area (Å²) >= 11 is 0. The zero-order chi connectivity index (χ0) is 21.6. The lowest BCUT2D eigenvalue weighted by Gasteiger charge is -2.25. The molecule has 0 fully saturated rings. The molecule has 0 aliphatic carbocycles. The fourth-order valence-corrected chi connectivity index (χ4v) is 4.92. The fraction of sp³-hybridized carbons (Fsp3) is 0.481. The minimum absolute atomic E-state index is 0.232. The van der Waals surface area contributed by atoms with Crippen LogP contribution < -0.4 is 4.90 Å². The van der Waals surface area contributed by atoms with Crippen LogP contribution in [0.2, 0.25) is 0 Å². The molecule has 2 aromatic rings. The number of benzene rings is 2. The Bertz CT molecular complexity index is 922. The molecule has 1 amide bonds. The Morgan fingerprint density at radius 2 is 1.74 bits per heavy atom. The first-order chi connectivity index (χ1) is 15.2. The van der Waals surface area contributed by atoms with Gasteiger partial charge in [-0.25, -0.2) is 0 Å². The number of ketones is 1. The standard InChI is InChI=1S/C27H34N2O2/c1-2-28(17-14-21-9-5-3-6-10-21)16-8-4-7-11-25(30)24-19-22-12-13-26(31)29-18-15-23(20-24)27(22)29/h3,5-6,9-10,19-20H,2,4,7-8,11-18H2,1H3. The van der Waals surface area contributed by atoms with E-state index in [-0.39, 0.29) is 11.7 Å². The minimum atomic E-state index is 0.232. The average molecular weight is 419 g/mol. The van der Waals surface area contributed by atoms with E-state index in [2.05, 4.69) is 42.2 Å². The second-order valence-electron chi connectivity index (χ2n) is 8.84. The number of Topliss-reactive ketones (excluding diaryl/α,β-unsaturated/α-hetero) is 1. The first-order valence-electron chi connectivity index (χ1n) is 11.9. The molecule has 4 rings (SSSR count). The Morgan fingerprint density at radius 3 is 2.52 bits per heavy atom. The molecule has 4 nitrogen and oxygen atoms in total. The molecular weight excluding hydrogens is 384 g/mol. The number of hydrogen-bond acceptors (Lipinski definition) is 3. The van der Waals surface area contributed by atoms with Crippen LogP contribution in [-0.4, -0.2) is 42.8 Å². The Morgan fingerprint density at radius 1 is 0.968 bits per heavy atom. The van der Waals surface area contributed by atoms with Gasteiger partial charge in [0.1, 0.15) is 0 Å². The van der Waals surface area contributed by atoms with Crippen molar-refractivity contribution >= 4 is 17.4 Å². The second kappa shape index (κ2) is 10.2. The highest BCUT2D eigenvalue weighted by Gasteiger charge is 2.31. The van der Waals surface area contributed by atoms with Crippen LogP contribution in [0.15, 0.2) is 42.5 Å². The van der Waals surface area contributed by atoms with E-state index in [1.54, 1.807) is 0 Å². The number of amides is 1. The molecule has 2 aliphatic rings. The van der Waals surface area contributed by atoms with Crippen LogP contribution in [0.25, 0.3) is 0 Å². The van der Waals surface area contributed by atoms with E-state index in [1.807, 2.05) is 17.0 Å². The average Bonchev–Trinajstić information content (AvgIpc) is 3.24. The smallest absolute Gasteiger partial charge is 0.227 e. The van der Waals surface area contributed by atoms with Gasteiger partial charge in [0, 0.05) is 31.5 Å². The van der Waals surface area contributed by atoms with Gasteiger partial charge in [-0.2, -0.15) is 0 Å². The molecule has 0 bridgehead atoms. The summed E-state index contributed by atoms with van der Waals surface area (Å²) in [5, 5.41) is 0. The maximum atomic E-state index is 12.8. The minimum Gasteiger partial charge on any atom is -0.312 e. The molecule has 2 aromatic carbocycles. The Labute approximate surface area is 186 Å². The number of carbonyl (C=O) groups excluding carboxylic acids is 2. The lowest BCUT2D eigenvalue weighted by atomic mass is 9.94. The SMILES string of the molecule is CCN(CCCCCC(=O)c1cc2c3c(c1)CCN3C(=O)CC2)CCc1ccccc1. The molecule has 2 aliphatic heterocycles. The molecule has 31 heavy (non-hydrogen) atoms. The normalized spacial score (nSPS) is 14.9. The van der Waals surface area contributed by atoms with E-state index in [9.17, 15) is 9.59 Å². The van der Waals surface area contributed by atoms with E-state index in [0.717, 1.165) is 76.0 Å². The number of unbranched alkanes of at least 4 members (excludes halogenated alkanes) is 2. The van der Waals surface area contributed by atoms with Gasteiger partial charge in [0.15, 0.2) is 5.78 Å². The predicted octanol–water partition coefficient (Wildman–Crippen LogP) is 4.83. The molecule has 2 heterocycles. The summed E-state index contributed by atoms with van der Waals surface area (Å²) in [5.74, 6) is 0.487. The summed E-state index contributed by atoms with van der Waals surface area (Å²) in [4.78, 5) is 29.3. The first kappa shape index (κ1) is 21.8. The van der Waals surface area contributed by atoms with Gasteiger partial charge >= 0.3 is 0 Å². The lowest BCUT2D eigenvalue weighted by Crippen LogP contribution is -2.32. The van der Waals surface area contributed by atoms with Gasteiger partial charge < -0.3 is 9.80 Å². The summed E-state index contributed by atoms with van der Waals surface area (Å²) in [5.41, 5.74) is 5.72. The summed E-state index contributed by atoms with van der Waals surface area (Å²) in [6, 6.07) is 14.8. The fourth-order valence-electron chi connectivity index (χ4n) is 4.92. The van der Waals surface area contributed by atoms with Crippen LogP contribution in [0.1, 0.15) is 66.1 Å². The van der Waals surface area contributed by atoms with Crippen molar-refractivity contribution in [3.8, 4) is 0 Å². The number of nitrogens with zero attached hydrogens (tertiary/aromatic N) is 2. The predicted molar refractivity (Wildman–Crippen MR) is 126 cm³/mol. The molecule has 0 aromatic heterocycles. The summed E-state index contributed by atoms with van der Waals surface area (Å²) in [6.07, 6.45) is 7.12. The highest BCUT2D eigenvalue weighted by Crippen LogP contribution is 2.37. The highest BCUT2D eigenvalue weighted by atomic mass is 16.2. The third-order valence-electron chi connectivity index (χ3n) is 6.76. The van der Waals surface area contributed by atoms with E-state index >= 15 is 0 Å². The number of hydrogen-bond donors (Lipinski definition) is 0. The molecule has 0 N–H and O–H groups in total. The highest BCUT2D eigenvalue weighted by molar-refractivity contribution is 6.02. The van der Waals surface area contributed by atoms with Gasteiger partial charge in [0.2, 0.25) is 5.91 Å². The number of anilines is 1. The molecule has 0 atom stereocenters. The molecule has 0 unspecified atom stereocenters. The molecule has 0 saturated carbocycles. The van der Waals surface area contributed by atoms with Gasteiger partial charge in [0.25, 0.3) is 0 Å². The molecule has 0 spiro atoms. The van der Waals surface area contributed by atoms with E-state index < -0.39 is 0 Å². The van der Waals surface area contributed by atoms with Crippen LogP contribution in [0.3, 0.4) is 0 Å². The van der Waals surface area contributed by atoms with Gasteiger partial charge in [0.05, 0.1) is 5.69 Å². The second-order valence-corrected chi connectivity index (χ2v) is 8.84. The van der Waals surface area contributed by atoms with Gasteiger partial charge in [-0.1, -0.05) is 43.7 Å². The topological polar surface area (TPSA) is 40.6 Å². The van der Waals surface area contributed by atoms with Crippen LogP contribution in [-0.2, 0) is 24.1 Å². The Hall–Kier alpha value is -2.46. The van der Waals surface area contributed by atoms with Crippen LogP contribution >= 0.6 is 0 Å². The molecule has 4 heteroatoms. The zero-order valence-corrected chi connectivity index (χ0v) is 18.7. The Kier molecular flexibility index (Phi) is 7.18. The van der Waals surface area contributed by atoms with Crippen molar-refractivity contribution in [2.75, 3.05) is 31.1 Å². The summed E-state index contributed by atoms with van der Waals surface area (Å²) < 4.78 is 0. The van der Waals surface area contributed by atoms with E-state index in [1.165, 1.54) is 16.7 Å². The number of rotatable bonds is 11. The monoisotopic (exact) mass is 418 g/mol. The van der Waals surface area contributed by atoms with Crippen LogP contribution in [0.4, 0.5) is 5.69 Å². The number of likely N-dealkylation sites (N-methyl/N-ethyl adjacent to an activating group) is 1. The molecular formula is C27H34N2O2. The quantitative estimate of drug-likeness (QED) is 0.388. The first-order valence-corrected chi connectivity index (χ1v) is 11.9. The van der Waals surface area contributed by atoms with Crippen molar-refractivity contribution in [2.45, 2.75) is 58.3 Å². The number of carbonyl (C=O) groups is 2. The maximum absolute atomic E-state index is 12.8. The largest absolute Gasteiger partial charge is 0.312 e.